The molecule has 0 spiro atoms. The summed E-state index contributed by atoms with van der Waals surface area (Å²) < 4.78 is 12.4. The third-order valence-electron chi connectivity index (χ3n) is 3.94. The van der Waals surface area contributed by atoms with Crippen LogP contribution in [0.4, 0.5) is 0 Å². The van der Waals surface area contributed by atoms with Gasteiger partial charge in [-0.15, -0.1) is 0 Å². The highest BCUT2D eigenvalue weighted by Gasteiger charge is 2.16. The topological polar surface area (TPSA) is 91.5 Å². The quantitative estimate of drug-likeness (QED) is 0.462. The normalized spacial score (nSPS) is 10.8. The molecule has 8 nitrogen and oxygen atoms in total. The summed E-state index contributed by atoms with van der Waals surface area (Å²) in [5.41, 5.74) is 1.44. The summed E-state index contributed by atoms with van der Waals surface area (Å²) in [6, 6.07) is 6.75. The Morgan fingerprint density at radius 2 is 2.00 bits per heavy atom. The molecule has 4 aromatic rings. The number of hydrogen-bond donors (Lipinski definition) is 0. The van der Waals surface area contributed by atoms with E-state index in [9.17, 15) is 4.79 Å². The Balaban J connectivity index is 1.65. The predicted molar refractivity (Wildman–Crippen MR) is 101 cm³/mol. The van der Waals surface area contributed by atoms with E-state index in [2.05, 4.69) is 20.1 Å². The molecule has 4 aromatic heterocycles. The van der Waals surface area contributed by atoms with Gasteiger partial charge >= 0.3 is 0 Å². The number of aromatic nitrogens is 5. The molecule has 0 aromatic carbocycles. The van der Waals surface area contributed by atoms with Crippen molar-refractivity contribution in [1.82, 2.24) is 24.6 Å². The summed E-state index contributed by atoms with van der Waals surface area (Å²) in [6.07, 6.45) is 7.72. The van der Waals surface area contributed by atoms with Crippen LogP contribution in [0.2, 0.25) is 5.02 Å². The van der Waals surface area contributed by atoms with Crippen LogP contribution in [0.25, 0.3) is 5.65 Å². The molecule has 9 heteroatoms. The number of hydrogen-bond acceptors (Lipinski definition) is 7. The van der Waals surface area contributed by atoms with E-state index in [1.54, 1.807) is 43.8 Å². The van der Waals surface area contributed by atoms with Crippen molar-refractivity contribution in [2.24, 2.45) is 0 Å². The SMILES string of the molecule is COc1ccc(CC(=O)c2cc(Oc3cncc(Cl)c3)cn3ncnc23)nc1. The first-order valence-corrected chi connectivity index (χ1v) is 8.64. The molecule has 0 aliphatic heterocycles. The van der Waals surface area contributed by atoms with E-state index in [0.717, 1.165) is 0 Å². The van der Waals surface area contributed by atoms with Gasteiger partial charge in [-0.3, -0.25) is 14.8 Å². The van der Waals surface area contributed by atoms with Crippen molar-refractivity contribution in [1.29, 1.82) is 0 Å². The van der Waals surface area contributed by atoms with Crippen molar-refractivity contribution in [3.8, 4) is 17.2 Å². The Bertz CT molecular complexity index is 1140. The fourth-order valence-electron chi connectivity index (χ4n) is 2.64. The minimum Gasteiger partial charge on any atom is -0.495 e. The van der Waals surface area contributed by atoms with Crippen LogP contribution in [0.1, 0.15) is 16.1 Å². The van der Waals surface area contributed by atoms with Gasteiger partial charge in [0.05, 0.1) is 42.7 Å². The van der Waals surface area contributed by atoms with Gasteiger partial charge < -0.3 is 9.47 Å². The fraction of sp³-hybridized carbons (Fsp3) is 0.105. The number of ether oxygens (including phenoxy) is 2. The van der Waals surface area contributed by atoms with Crippen molar-refractivity contribution in [2.45, 2.75) is 6.42 Å². The molecule has 28 heavy (non-hydrogen) atoms. The van der Waals surface area contributed by atoms with Crippen LogP contribution >= 0.6 is 11.6 Å². The Morgan fingerprint density at radius 1 is 1.11 bits per heavy atom. The van der Waals surface area contributed by atoms with Gasteiger partial charge in [0, 0.05) is 18.0 Å². The van der Waals surface area contributed by atoms with E-state index in [-0.39, 0.29) is 12.2 Å². The first-order valence-electron chi connectivity index (χ1n) is 8.26. The zero-order valence-corrected chi connectivity index (χ0v) is 15.5. The molecule has 0 amide bonds. The molecule has 0 saturated heterocycles. The zero-order valence-electron chi connectivity index (χ0n) is 14.7. The number of ketones is 1. The lowest BCUT2D eigenvalue weighted by Crippen LogP contribution is -2.08. The highest BCUT2D eigenvalue weighted by atomic mass is 35.5. The lowest BCUT2D eigenvalue weighted by Gasteiger charge is -2.09. The molecule has 0 aliphatic rings. The van der Waals surface area contributed by atoms with Crippen LogP contribution in [-0.2, 0) is 6.42 Å². The highest BCUT2D eigenvalue weighted by Crippen LogP contribution is 2.25. The number of carbonyl (C=O) groups is 1. The molecule has 0 atom stereocenters. The average molecular weight is 396 g/mol. The van der Waals surface area contributed by atoms with E-state index in [0.29, 0.717) is 39.2 Å². The molecule has 0 fully saturated rings. The van der Waals surface area contributed by atoms with Crippen molar-refractivity contribution in [2.75, 3.05) is 7.11 Å². The Labute approximate surface area is 164 Å². The van der Waals surface area contributed by atoms with Crippen LogP contribution in [0.5, 0.6) is 17.2 Å². The minimum atomic E-state index is -0.162. The number of methoxy groups -OCH3 is 1. The van der Waals surface area contributed by atoms with Gasteiger partial charge in [-0.2, -0.15) is 5.10 Å². The number of nitrogens with zero attached hydrogens (tertiary/aromatic N) is 5. The van der Waals surface area contributed by atoms with Crippen molar-refractivity contribution in [3.05, 3.63) is 71.7 Å². The second-order valence-electron chi connectivity index (χ2n) is 5.85. The van der Waals surface area contributed by atoms with Crippen molar-refractivity contribution in [3.63, 3.8) is 0 Å². The molecular weight excluding hydrogens is 382 g/mol. The standard InChI is InChI=1S/C19H14ClN5O3/c1-27-14-3-2-13(22-9-14)5-18(26)17-6-16(10-25-19(17)23-11-24-25)28-15-4-12(20)7-21-8-15/h2-4,6-11H,5H2,1H3. The third-order valence-corrected chi connectivity index (χ3v) is 4.15. The van der Waals surface area contributed by atoms with Gasteiger partial charge in [0.25, 0.3) is 0 Å². The van der Waals surface area contributed by atoms with Crippen LogP contribution in [0.15, 0.2) is 55.4 Å². The smallest absolute Gasteiger partial charge is 0.172 e. The van der Waals surface area contributed by atoms with E-state index < -0.39 is 0 Å². The van der Waals surface area contributed by atoms with E-state index in [1.165, 1.54) is 23.2 Å². The van der Waals surface area contributed by atoms with Gasteiger partial charge in [-0.05, 0) is 18.2 Å². The largest absolute Gasteiger partial charge is 0.495 e. The Kier molecular flexibility index (Phi) is 4.86. The average Bonchev–Trinajstić information content (AvgIpc) is 3.16. The molecule has 0 aliphatic carbocycles. The van der Waals surface area contributed by atoms with Crippen molar-refractivity contribution >= 4 is 23.0 Å². The van der Waals surface area contributed by atoms with E-state index in [4.69, 9.17) is 21.1 Å². The molecule has 140 valence electrons. The maximum atomic E-state index is 12.9. The fourth-order valence-corrected chi connectivity index (χ4v) is 2.81. The molecular formula is C19H14ClN5O3. The number of halogens is 1. The molecule has 0 saturated carbocycles. The first-order chi connectivity index (χ1) is 13.6. The minimum absolute atomic E-state index is 0.106. The molecule has 0 bridgehead atoms. The Hall–Kier alpha value is -3.52. The summed E-state index contributed by atoms with van der Waals surface area (Å²) in [7, 11) is 1.56. The zero-order chi connectivity index (χ0) is 19.5. The number of rotatable bonds is 6. The summed E-state index contributed by atoms with van der Waals surface area (Å²) in [4.78, 5) is 25.3. The molecule has 0 N–H and O–H groups in total. The summed E-state index contributed by atoms with van der Waals surface area (Å²) in [5.74, 6) is 1.32. The number of fused-ring (bicyclic) bond motifs is 1. The van der Waals surface area contributed by atoms with E-state index >= 15 is 0 Å². The van der Waals surface area contributed by atoms with Gasteiger partial charge in [0.15, 0.2) is 11.4 Å². The van der Waals surface area contributed by atoms with Gasteiger partial charge in [-0.1, -0.05) is 11.6 Å². The van der Waals surface area contributed by atoms with Crippen LogP contribution in [0.3, 0.4) is 0 Å². The number of Topliss-reactive ketones (excluding diaryl/α,β-unsaturated/α-hetero) is 1. The maximum absolute atomic E-state index is 12.9. The van der Waals surface area contributed by atoms with Crippen LogP contribution < -0.4 is 9.47 Å². The molecule has 0 unspecified atom stereocenters. The second kappa shape index (κ2) is 7.61. The summed E-state index contributed by atoms with van der Waals surface area (Å²) >= 11 is 5.94. The monoisotopic (exact) mass is 395 g/mol. The van der Waals surface area contributed by atoms with Gasteiger partial charge in [-0.25, -0.2) is 9.50 Å². The van der Waals surface area contributed by atoms with Gasteiger partial charge in [0.2, 0.25) is 0 Å². The lowest BCUT2D eigenvalue weighted by molar-refractivity contribution is 0.0992. The van der Waals surface area contributed by atoms with Crippen LogP contribution in [0, 0.1) is 0 Å². The van der Waals surface area contributed by atoms with Gasteiger partial charge in [0.1, 0.15) is 23.6 Å². The summed E-state index contributed by atoms with van der Waals surface area (Å²) in [5, 5.41) is 4.56. The first kappa shape index (κ1) is 17.9. The second-order valence-corrected chi connectivity index (χ2v) is 6.28. The molecule has 4 heterocycles. The molecule has 4 rings (SSSR count). The van der Waals surface area contributed by atoms with Crippen molar-refractivity contribution < 1.29 is 14.3 Å². The number of pyridine rings is 3. The van der Waals surface area contributed by atoms with Crippen LogP contribution in [-0.4, -0.2) is 37.5 Å². The predicted octanol–water partition coefficient (Wildman–Crippen LogP) is 3.40. The highest BCUT2D eigenvalue weighted by molar-refractivity contribution is 6.30. The lowest BCUT2D eigenvalue weighted by atomic mass is 10.1. The summed E-state index contributed by atoms with van der Waals surface area (Å²) in [6.45, 7) is 0. The number of carbonyl (C=O) groups excluding carboxylic acids is 1. The third kappa shape index (κ3) is 3.77. The van der Waals surface area contributed by atoms with E-state index in [1.807, 2.05) is 0 Å². The Morgan fingerprint density at radius 3 is 2.75 bits per heavy atom. The molecule has 0 radical (unpaired) electrons. The maximum Gasteiger partial charge on any atom is 0.172 e.